The van der Waals surface area contributed by atoms with Gasteiger partial charge in [0.15, 0.2) is 11.9 Å². The highest BCUT2D eigenvalue weighted by Crippen LogP contribution is 2.32. The number of H-pyrrole nitrogens is 1. The van der Waals surface area contributed by atoms with Gasteiger partial charge in [0.05, 0.1) is 23.2 Å². The minimum absolute atomic E-state index is 0.154. The number of hydrogen-bond donors (Lipinski definition) is 1. The molecule has 1 amide bonds. The molecule has 2 heterocycles. The lowest BCUT2D eigenvalue weighted by Crippen LogP contribution is -2.44. The van der Waals surface area contributed by atoms with Crippen molar-refractivity contribution in [1.82, 2.24) is 14.9 Å². The molecule has 0 aliphatic carbocycles. The summed E-state index contributed by atoms with van der Waals surface area (Å²) in [5.74, 6) is -0.678. The summed E-state index contributed by atoms with van der Waals surface area (Å²) in [4.78, 5) is 34.4. The van der Waals surface area contributed by atoms with Crippen molar-refractivity contribution < 1.29 is 14.3 Å². The number of nitrogens with zero attached hydrogens (tertiary/aromatic N) is 2. The molecule has 7 heteroatoms. The second-order valence-electron chi connectivity index (χ2n) is 6.09. The number of benzene rings is 2. The highest BCUT2D eigenvalue weighted by molar-refractivity contribution is 6.35. The van der Waals surface area contributed by atoms with Crippen LogP contribution in [0.15, 0.2) is 42.5 Å². The lowest BCUT2D eigenvalue weighted by Gasteiger charge is -2.34. The van der Waals surface area contributed by atoms with E-state index in [2.05, 4.69) is 9.97 Å². The number of rotatable bonds is 2. The fourth-order valence-corrected chi connectivity index (χ4v) is 3.60. The first-order valence-corrected chi connectivity index (χ1v) is 8.59. The molecule has 132 valence electrons. The Kier molecular flexibility index (Phi) is 4.12. The van der Waals surface area contributed by atoms with Crippen molar-refractivity contribution in [2.45, 2.75) is 12.5 Å². The molecule has 0 fully saturated rings. The molecule has 6 nitrogen and oxygen atoms in total. The summed E-state index contributed by atoms with van der Waals surface area (Å²) in [5, 5.41) is 0.488. The average Bonchev–Trinajstić information content (AvgIpc) is 3.11. The molecule has 1 atom stereocenters. The van der Waals surface area contributed by atoms with E-state index in [1.165, 1.54) is 12.0 Å². The Bertz CT molecular complexity index is 1010. The van der Waals surface area contributed by atoms with E-state index in [0.717, 1.165) is 11.1 Å². The van der Waals surface area contributed by atoms with Crippen LogP contribution in [0.25, 0.3) is 11.0 Å². The number of halogens is 1. The molecule has 1 aliphatic heterocycles. The maximum atomic E-state index is 13.1. The van der Waals surface area contributed by atoms with E-state index >= 15 is 0 Å². The van der Waals surface area contributed by atoms with Crippen LogP contribution in [-0.4, -0.2) is 40.4 Å². The van der Waals surface area contributed by atoms with Crippen molar-refractivity contribution in [2.75, 3.05) is 13.7 Å². The first-order valence-electron chi connectivity index (χ1n) is 8.21. The van der Waals surface area contributed by atoms with Crippen LogP contribution >= 0.6 is 11.6 Å². The highest BCUT2D eigenvalue weighted by atomic mass is 35.5. The van der Waals surface area contributed by atoms with Crippen LogP contribution < -0.4 is 0 Å². The quantitative estimate of drug-likeness (QED) is 0.704. The zero-order valence-corrected chi connectivity index (χ0v) is 14.8. The van der Waals surface area contributed by atoms with Gasteiger partial charge in [0.25, 0.3) is 5.91 Å². The average molecular weight is 370 g/mol. The van der Waals surface area contributed by atoms with Crippen molar-refractivity contribution in [1.29, 1.82) is 0 Å². The van der Waals surface area contributed by atoms with Gasteiger partial charge in [0, 0.05) is 6.54 Å². The molecule has 1 aromatic heterocycles. The molecule has 1 unspecified atom stereocenters. The summed E-state index contributed by atoms with van der Waals surface area (Å²) in [5.41, 5.74) is 3.03. The molecule has 0 saturated carbocycles. The van der Waals surface area contributed by atoms with E-state index < -0.39 is 12.0 Å². The monoisotopic (exact) mass is 369 g/mol. The van der Waals surface area contributed by atoms with Crippen LogP contribution in [0.5, 0.6) is 0 Å². The van der Waals surface area contributed by atoms with Gasteiger partial charge in [-0.25, -0.2) is 9.78 Å². The number of aromatic nitrogens is 2. The summed E-state index contributed by atoms with van der Waals surface area (Å²) in [6, 6.07) is 12.1. The van der Waals surface area contributed by atoms with Crippen molar-refractivity contribution >= 4 is 34.5 Å². The second-order valence-corrected chi connectivity index (χ2v) is 6.50. The van der Waals surface area contributed by atoms with Crippen LogP contribution in [-0.2, 0) is 16.0 Å². The SMILES string of the molecule is COC(=O)C1c2ccccc2CCN1C(=O)c1nc2cccc(Cl)c2[nH]1. The number of hydrogen-bond acceptors (Lipinski definition) is 4. The van der Waals surface area contributed by atoms with Gasteiger partial charge >= 0.3 is 5.97 Å². The van der Waals surface area contributed by atoms with Crippen LogP contribution in [0.1, 0.15) is 27.8 Å². The molecule has 0 radical (unpaired) electrons. The minimum Gasteiger partial charge on any atom is -0.467 e. The summed E-state index contributed by atoms with van der Waals surface area (Å²) < 4.78 is 4.96. The number of imidazole rings is 1. The lowest BCUT2D eigenvalue weighted by molar-refractivity contribution is -0.146. The second kappa shape index (κ2) is 6.46. The predicted octanol–water partition coefficient (Wildman–Crippen LogP) is 3.13. The first-order chi connectivity index (χ1) is 12.6. The van der Waals surface area contributed by atoms with E-state index in [-0.39, 0.29) is 11.7 Å². The molecule has 4 rings (SSSR count). The van der Waals surface area contributed by atoms with Gasteiger partial charge in [-0.2, -0.15) is 0 Å². The molecule has 3 aromatic rings. The number of carbonyl (C=O) groups excluding carboxylic acids is 2. The zero-order chi connectivity index (χ0) is 18.3. The lowest BCUT2D eigenvalue weighted by atomic mass is 9.92. The smallest absolute Gasteiger partial charge is 0.333 e. The Balaban J connectivity index is 1.76. The van der Waals surface area contributed by atoms with E-state index in [0.29, 0.717) is 29.0 Å². The Hall–Kier alpha value is -2.86. The zero-order valence-electron chi connectivity index (χ0n) is 14.0. The fraction of sp³-hybridized carbons (Fsp3) is 0.211. The molecule has 1 N–H and O–H groups in total. The van der Waals surface area contributed by atoms with Gasteiger partial charge in [0.1, 0.15) is 0 Å². The summed E-state index contributed by atoms with van der Waals surface area (Å²) in [7, 11) is 1.32. The molecule has 0 bridgehead atoms. The summed E-state index contributed by atoms with van der Waals surface area (Å²) in [6.45, 7) is 0.403. The maximum Gasteiger partial charge on any atom is 0.333 e. The largest absolute Gasteiger partial charge is 0.467 e. The number of aromatic amines is 1. The van der Waals surface area contributed by atoms with Crippen LogP contribution in [0.2, 0.25) is 5.02 Å². The summed E-state index contributed by atoms with van der Waals surface area (Å²) >= 11 is 6.16. The summed E-state index contributed by atoms with van der Waals surface area (Å²) in [6.07, 6.45) is 0.663. The molecule has 1 aliphatic rings. The number of fused-ring (bicyclic) bond motifs is 2. The Morgan fingerprint density at radius 2 is 2.04 bits per heavy atom. The fourth-order valence-electron chi connectivity index (χ4n) is 3.38. The van der Waals surface area contributed by atoms with Crippen molar-refractivity contribution in [3.05, 3.63) is 64.4 Å². The number of para-hydroxylation sites is 1. The van der Waals surface area contributed by atoms with Crippen LogP contribution in [0.4, 0.5) is 0 Å². The standard InChI is InChI=1S/C19H16ClN3O3/c1-26-19(25)16-12-6-3-2-5-11(12)9-10-23(16)18(24)17-21-14-8-4-7-13(20)15(14)22-17/h2-8,16H,9-10H2,1H3,(H,21,22). The Labute approximate surface area is 154 Å². The van der Waals surface area contributed by atoms with Gasteiger partial charge in [-0.1, -0.05) is 41.9 Å². The molecular weight excluding hydrogens is 354 g/mol. The third kappa shape index (κ3) is 2.63. The molecule has 0 saturated heterocycles. The van der Waals surface area contributed by atoms with Crippen molar-refractivity contribution in [3.8, 4) is 0 Å². The topological polar surface area (TPSA) is 75.3 Å². The number of nitrogens with one attached hydrogen (secondary N) is 1. The molecule has 2 aromatic carbocycles. The third-order valence-corrected chi connectivity index (χ3v) is 4.95. The number of carbonyl (C=O) groups is 2. The molecular formula is C19H16ClN3O3. The van der Waals surface area contributed by atoms with Crippen molar-refractivity contribution in [3.63, 3.8) is 0 Å². The number of amides is 1. The molecule has 0 spiro atoms. The maximum absolute atomic E-state index is 13.1. The van der Waals surface area contributed by atoms with Crippen LogP contribution in [0.3, 0.4) is 0 Å². The van der Waals surface area contributed by atoms with Gasteiger partial charge in [-0.3, -0.25) is 4.79 Å². The normalized spacial score (nSPS) is 16.4. The van der Waals surface area contributed by atoms with Crippen molar-refractivity contribution in [2.24, 2.45) is 0 Å². The van der Waals surface area contributed by atoms with E-state index in [9.17, 15) is 9.59 Å². The third-order valence-electron chi connectivity index (χ3n) is 4.64. The van der Waals surface area contributed by atoms with Gasteiger partial charge in [-0.05, 0) is 29.7 Å². The van der Waals surface area contributed by atoms with E-state index in [1.807, 2.05) is 24.3 Å². The predicted molar refractivity (Wildman–Crippen MR) is 97.0 cm³/mol. The first kappa shape index (κ1) is 16.6. The van der Waals surface area contributed by atoms with Crippen LogP contribution in [0, 0.1) is 0 Å². The number of methoxy groups -OCH3 is 1. The van der Waals surface area contributed by atoms with E-state index in [1.54, 1.807) is 18.2 Å². The van der Waals surface area contributed by atoms with E-state index in [4.69, 9.17) is 16.3 Å². The minimum atomic E-state index is -0.791. The number of esters is 1. The molecule has 26 heavy (non-hydrogen) atoms. The van der Waals surface area contributed by atoms with Gasteiger partial charge < -0.3 is 14.6 Å². The Morgan fingerprint density at radius 1 is 1.23 bits per heavy atom. The van der Waals surface area contributed by atoms with Gasteiger partial charge in [-0.15, -0.1) is 0 Å². The van der Waals surface area contributed by atoms with Gasteiger partial charge in [0.2, 0.25) is 0 Å². The number of ether oxygens (including phenoxy) is 1. The Morgan fingerprint density at radius 3 is 2.81 bits per heavy atom. The highest BCUT2D eigenvalue weighted by Gasteiger charge is 2.37.